The van der Waals surface area contributed by atoms with Crippen molar-refractivity contribution in [3.05, 3.63) is 64.2 Å². The molecule has 2 aromatic carbocycles. The number of piperazine rings is 1. The summed E-state index contributed by atoms with van der Waals surface area (Å²) in [4.78, 5) is 29.2. The van der Waals surface area contributed by atoms with Gasteiger partial charge in [0, 0.05) is 37.4 Å². The van der Waals surface area contributed by atoms with Crippen LogP contribution in [0.1, 0.15) is 32.6 Å². The quantitative estimate of drug-likeness (QED) is 0.887. The summed E-state index contributed by atoms with van der Waals surface area (Å²) in [6.07, 6.45) is 0. The molecule has 5 nitrogen and oxygen atoms in total. The summed E-state index contributed by atoms with van der Waals surface area (Å²) in [5.41, 5.74) is 6.10. The van der Waals surface area contributed by atoms with Gasteiger partial charge in [0.15, 0.2) is 0 Å². The van der Waals surface area contributed by atoms with Gasteiger partial charge in [-0.05, 0) is 62.1 Å². The average molecular weight is 380 g/mol. The van der Waals surface area contributed by atoms with E-state index in [-0.39, 0.29) is 11.8 Å². The van der Waals surface area contributed by atoms with E-state index in [0.29, 0.717) is 32.7 Å². The first-order valence-electron chi connectivity index (χ1n) is 9.80. The molecule has 2 aromatic rings. The lowest BCUT2D eigenvalue weighted by molar-refractivity contribution is -0.117. The Balaban J connectivity index is 1.53. The van der Waals surface area contributed by atoms with Crippen molar-refractivity contribution in [2.45, 2.75) is 27.7 Å². The van der Waals surface area contributed by atoms with Gasteiger partial charge in [0.25, 0.3) is 5.91 Å². The lowest BCUT2D eigenvalue weighted by Gasteiger charge is -2.34. The second-order valence-electron chi connectivity index (χ2n) is 7.68. The van der Waals surface area contributed by atoms with Gasteiger partial charge in [-0.15, -0.1) is 0 Å². The van der Waals surface area contributed by atoms with E-state index in [1.807, 2.05) is 69.0 Å². The summed E-state index contributed by atoms with van der Waals surface area (Å²) in [7, 11) is 0. The molecule has 0 aromatic heterocycles. The summed E-state index contributed by atoms with van der Waals surface area (Å²) in [6, 6.07) is 11.8. The molecule has 1 aliphatic rings. The fraction of sp³-hybridized carbons (Fsp3) is 0.391. The van der Waals surface area contributed by atoms with Gasteiger partial charge in [-0.25, -0.2) is 0 Å². The van der Waals surface area contributed by atoms with E-state index in [1.54, 1.807) is 0 Å². The molecule has 148 valence electrons. The zero-order valence-corrected chi connectivity index (χ0v) is 17.2. The van der Waals surface area contributed by atoms with Crippen molar-refractivity contribution in [2.24, 2.45) is 0 Å². The Morgan fingerprint density at radius 2 is 1.50 bits per heavy atom. The first-order valence-corrected chi connectivity index (χ1v) is 9.80. The number of carbonyl (C=O) groups is 2. The van der Waals surface area contributed by atoms with Crippen molar-refractivity contribution in [1.29, 1.82) is 0 Å². The van der Waals surface area contributed by atoms with Crippen molar-refractivity contribution >= 4 is 17.5 Å². The standard InChI is InChI=1S/C23H29N3O2/c1-16-8-9-20(14-19(16)4)23(28)26-12-10-25(11-13-26)15-21(27)24-22-17(2)6-5-7-18(22)3/h5-9,14H,10-13,15H2,1-4H3,(H,24,27). The molecule has 0 radical (unpaired) electrons. The first-order chi connectivity index (χ1) is 13.3. The molecule has 1 fully saturated rings. The van der Waals surface area contributed by atoms with Crippen LogP contribution in [-0.2, 0) is 4.79 Å². The fourth-order valence-corrected chi connectivity index (χ4v) is 3.56. The van der Waals surface area contributed by atoms with Crippen LogP contribution < -0.4 is 5.32 Å². The van der Waals surface area contributed by atoms with Crippen LogP contribution in [0, 0.1) is 27.7 Å². The van der Waals surface area contributed by atoms with Gasteiger partial charge in [-0.3, -0.25) is 14.5 Å². The Bertz CT molecular complexity index is 863. The molecular formula is C23H29N3O2. The van der Waals surface area contributed by atoms with Crippen molar-refractivity contribution < 1.29 is 9.59 Å². The lowest BCUT2D eigenvalue weighted by Crippen LogP contribution is -2.50. The van der Waals surface area contributed by atoms with Gasteiger partial charge in [0.1, 0.15) is 0 Å². The van der Waals surface area contributed by atoms with Crippen LogP contribution in [0.15, 0.2) is 36.4 Å². The molecule has 0 atom stereocenters. The van der Waals surface area contributed by atoms with E-state index in [1.165, 1.54) is 5.56 Å². The molecule has 5 heteroatoms. The second kappa shape index (κ2) is 8.57. The molecule has 0 aliphatic carbocycles. The first kappa shape index (κ1) is 20.1. The average Bonchev–Trinajstić information content (AvgIpc) is 2.67. The maximum atomic E-state index is 12.7. The van der Waals surface area contributed by atoms with E-state index >= 15 is 0 Å². The minimum Gasteiger partial charge on any atom is -0.336 e. The third-order valence-electron chi connectivity index (χ3n) is 5.53. The molecule has 1 N–H and O–H groups in total. The highest BCUT2D eigenvalue weighted by Gasteiger charge is 2.23. The van der Waals surface area contributed by atoms with Crippen LogP contribution in [-0.4, -0.2) is 54.3 Å². The van der Waals surface area contributed by atoms with Crippen molar-refractivity contribution in [2.75, 3.05) is 38.0 Å². The molecular weight excluding hydrogens is 350 g/mol. The number of hydrogen-bond acceptors (Lipinski definition) is 3. The number of rotatable bonds is 4. The fourth-order valence-electron chi connectivity index (χ4n) is 3.56. The van der Waals surface area contributed by atoms with Gasteiger partial charge in [0.2, 0.25) is 5.91 Å². The molecule has 2 amide bonds. The minimum absolute atomic E-state index is 0.00802. The second-order valence-corrected chi connectivity index (χ2v) is 7.68. The molecule has 28 heavy (non-hydrogen) atoms. The van der Waals surface area contributed by atoms with E-state index < -0.39 is 0 Å². The highest BCUT2D eigenvalue weighted by molar-refractivity contribution is 5.95. The molecule has 0 spiro atoms. The molecule has 1 aliphatic heterocycles. The number of para-hydroxylation sites is 1. The highest BCUT2D eigenvalue weighted by atomic mass is 16.2. The summed E-state index contributed by atoms with van der Waals surface area (Å²) in [5.74, 6) is 0.0640. The van der Waals surface area contributed by atoms with Gasteiger partial charge >= 0.3 is 0 Å². The van der Waals surface area contributed by atoms with Crippen LogP contribution in [0.2, 0.25) is 0 Å². The Kier molecular flexibility index (Phi) is 6.15. The Labute approximate surface area is 167 Å². The number of benzene rings is 2. The lowest BCUT2D eigenvalue weighted by atomic mass is 10.1. The minimum atomic E-state index is -0.00802. The Hall–Kier alpha value is -2.66. The molecule has 0 saturated carbocycles. The number of hydrogen-bond donors (Lipinski definition) is 1. The predicted octanol–water partition coefficient (Wildman–Crippen LogP) is 3.32. The largest absolute Gasteiger partial charge is 0.336 e. The van der Waals surface area contributed by atoms with E-state index in [4.69, 9.17) is 0 Å². The number of nitrogens with one attached hydrogen (secondary N) is 1. The van der Waals surface area contributed by atoms with Gasteiger partial charge in [-0.2, -0.15) is 0 Å². The normalized spacial score (nSPS) is 14.8. The molecule has 3 rings (SSSR count). The molecule has 0 bridgehead atoms. The Morgan fingerprint density at radius 3 is 2.11 bits per heavy atom. The molecule has 1 saturated heterocycles. The summed E-state index contributed by atoms with van der Waals surface area (Å²) in [6.45, 7) is 11.1. The van der Waals surface area contributed by atoms with E-state index in [9.17, 15) is 9.59 Å². The van der Waals surface area contributed by atoms with E-state index in [0.717, 1.165) is 27.9 Å². The third kappa shape index (κ3) is 4.60. The Morgan fingerprint density at radius 1 is 0.857 bits per heavy atom. The molecule has 1 heterocycles. The highest BCUT2D eigenvalue weighted by Crippen LogP contribution is 2.19. The number of amides is 2. The van der Waals surface area contributed by atoms with Crippen molar-refractivity contribution in [1.82, 2.24) is 9.80 Å². The van der Waals surface area contributed by atoms with Crippen LogP contribution in [0.25, 0.3) is 0 Å². The van der Waals surface area contributed by atoms with Gasteiger partial charge in [0.05, 0.1) is 6.54 Å². The topological polar surface area (TPSA) is 52.7 Å². The number of anilines is 1. The number of aryl methyl sites for hydroxylation is 4. The van der Waals surface area contributed by atoms with Crippen molar-refractivity contribution in [3.8, 4) is 0 Å². The number of carbonyl (C=O) groups excluding carboxylic acids is 2. The maximum Gasteiger partial charge on any atom is 0.253 e. The predicted molar refractivity (Wildman–Crippen MR) is 113 cm³/mol. The van der Waals surface area contributed by atoms with E-state index in [2.05, 4.69) is 10.2 Å². The summed E-state index contributed by atoms with van der Waals surface area (Å²) >= 11 is 0. The van der Waals surface area contributed by atoms with Crippen LogP contribution >= 0.6 is 0 Å². The van der Waals surface area contributed by atoms with Crippen LogP contribution in [0.4, 0.5) is 5.69 Å². The summed E-state index contributed by atoms with van der Waals surface area (Å²) < 4.78 is 0. The third-order valence-corrected chi connectivity index (χ3v) is 5.53. The number of nitrogens with zero attached hydrogens (tertiary/aromatic N) is 2. The smallest absolute Gasteiger partial charge is 0.253 e. The maximum absolute atomic E-state index is 12.7. The SMILES string of the molecule is Cc1ccc(C(=O)N2CCN(CC(=O)Nc3c(C)cccc3C)CC2)cc1C. The van der Waals surface area contributed by atoms with Crippen molar-refractivity contribution in [3.63, 3.8) is 0 Å². The summed E-state index contributed by atoms with van der Waals surface area (Å²) in [5, 5.41) is 3.04. The van der Waals surface area contributed by atoms with Crippen LogP contribution in [0.5, 0.6) is 0 Å². The van der Waals surface area contributed by atoms with Gasteiger partial charge in [-0.1, -0.05) is 24.3 Å². The monoisotopic (exact) mass is 379 g/mol. The van der Waals surface area contributed by atoms with Gasteiger partial charge < -0.3 is 10.2 Å². The molecule has 0 unspecified atom stereocenters. The van der Waals surface area contributed by atoms with Crippen LogP contribution in [0.3, 0.4) is 0 Å². The zero-order chi connectivity index (χ0) is 20.3. The zero-order valence-electron chi connectivity index (χ0n) is 17.2.